The highest BCUT2D eigenvalue weighted by molar-refractivity contribution is 7.86. The Morgan fingerprint density at radius 1 is 0.912 bits per heavy atom. The zero-order valence-electron chi connectivity index (χ0n) is 19.7. The maximum atomic E-state index is 12.3. The zero-order valence-corrected chi connectivity index (χ0v) is 20.5. The first-order valence-corrected chi connectivity index (χ1v) is 13.3. The van der Waals surface area contributed by atoms with E-state index in [1.54, 1.807) is 14.0 Å². The van der Waals surface area contributed by atoms with Gasteiger partial charge in [-0.15, -0.1) is 0 Å². The summed E-state index contributed by atoms with van der Waals surface area (Å²) in [6.07, 6.45) is 2.89. The number of benzene rings is 3. The molecule has 5 nitrogen and oxygen atoms in total. The van der Waals surface area contributed by atoms with Crippen LogP contribution in [0, 0.1) is 0 Å². The van der Waals surface area contributed by atoms with Crippen molar-refractivity contribution in [1.82, 2.24) is 5.32 Å². The minimum Gasteiger partial charge on any atom is -0.497 e. The summed E-state index contributed by atoms with van der Waals surface area (Å²) in [5.74, 6) is 0.688. The van der Waals surface area contributed by atoms with Gasteiger partial charge in [-0.3, -0.25) is 4.55 Å². The first kappa shape index (κ1) is 24.5. The van der Waals surface area contributed by atoms with Crippen LogP contribution < -0.4 is 10.1 Å². The summed E-state index contributed by atoms with van der Waals surface area (Å²) in [6.45, 7) is 1.62. The Bertz CT molecular complexity index is 1130. The number of nitrogens with one attached hydrogen (secondary N) is 1. The minimum absolute atomic E-state index is 0.0516. The van der Waals surface area contributed by atoms with Crippen LogP contribution in [0.4, 0.5) is 0 Å². The van der Waals surface area contributed by atoms with Gasteiger partial charge in [0.2, 0.25) is 0 Å². The van der Waals surface area contributed by atoms with Crippen molar-refractivity contribution in [2.75, 3.05) is 7.11 Å². The molecule has 3 aromatic rings. The molecule has 3 aromatic carbocycles. The summed E-state index contributed by atoms with van der Waals surface area (Å²) in [5, 5.41) is 2.93. The summed E-state index contributed by atoms with van der Waals surface area (Å²) in [5.41, 5.74) is 2.63. The Kier molecular flexibility index (Phi) is 7.41. The molecule has 0 aliphatic heterocycles. The maximum Gasteiger partial charge on any atom is 0.268 e. The Labute approximate surface area is 202 Å². The molecule has 1 aliphatic carbocycles. The van der Waals surface area contributed by atoms with Gasteiger partial charge in [0.15, 0.2) is 0 Å². The standard InChI is InChI=1S/C28H33NO4S/c1-21(34(30,31)32)28(24-14-9-15-26(20-24)33-2)18-16-25(17-19-28)29-27(22-10-5-3-6-11-22)23-12-7-4-8-13-23/h3-15,20-21,25,27,29H,16-19H2,1-2H3,(H,30,31,32)/t21?,25-,28-. The normalized spacial score (nSPS) is 21.8. The first-order chi connectivity index (χ1) is 16.3. The fourth-order valence-corrected chi connectivity index (χ4v) is 6.30. The van der Waals surface area contributed by atoms with Gasteiger partial charge >= 0.3 is 0 Å². The van der Waals surface area contributed by atoms with Crippen LogP contribution in [0.1, 0.15) is 55.3 Å². The molecule has 1 fully saturated rings. The van der Waals surface area contributed by atoms with Crippen LogP contribution in [-0.4, -0.2) is 31.4 Å². The Hall–Kier alpha value is -2.67. The molecular weight excluding hydrogens is 446 g/mol. The summed E-state index contributed by atoms with van der Waals surface area (Å²) in [6, 6.07) is 28.7. The molecule has 1 aliphatic rings. The summed E-state index contributed by atoms with van der Waals surface area (Å²) in [7, 11) is -2.61. The summed E-state index contributed by atoms with van der Waals surface area (Å²) >= 11 is 0. The maximum absolute atomic E-state index is 12.3. The molecule has 1 atom stereocenters. The SMILES string of the molecule is COc1cccc([C@]2(C(C)S(=O)(=O)O)CC[C@@H](NC(c3ccccc3)c3ccccc3)CC2)c1. The minimum atomic E-state index is -4.22. The molecule has 1 saturated carbocycles. The number of hydrogen-bond acceptors (Lipinski definition) is 4. The van der Waals surface area contributed by atoms with Gasteiger partial charge in [-0.1, -0.05) is 72.8 Å². The monoisotopic (exact) mass is 479 g/mol. The van der Waals surface area contributed by atoms with Gasteiger partial charge in [0.05, 0.1) is 18.4 Å². The molecule has 0 amide bonds. The van der Waals surface area contributed by atoms with Crippen molar-refractivity contribution in [2.45, 2.75) is 55.4 Å². The fraction of sp³-hybridized carbons (Fsp3) is 0.357. The van der Waals surface area contributed by atoms with Crippen LogP contribution in [0.3, 0.4) is 0 Å². The van der Waals surface area contributed by atoms with E-state index >= 15 is 0 Å². The van der Waals surface area contributed by atoms with Crippen LogP contribution >= 0.6 is 0 Å². The zero-order chi connectivity index (χ0) is 24.2. The molecule has 4 rings (SSSR count). The van der Waals surface area contributed by atoms with Gasteiger partial charge in [-0.25, -0.2) is 0 Å². The third-order valence-electron chi connectivity index (χ3n) is 7.42. The van der Waals surface area contributed by atoms with E-state index in [-0.39, 0.29) is 12.1 Å². The lowest BCUT2D eigenvalue weighted by Crippen LogP contribution is -2.48. The van der Waals surface area contributed by atoms with Crippen molar-refractivity contribution in [2.24, 2.45) is 0 Å². The van der Waals surface area contributed by atoms with Crippen LogP contribution in [0.15, 0.2) is 84.9 Å². The Morgan fingerprint density at radius 2 is 1.47 bits per heavy atom. The molecule has 2 N–H and O–H groups in total. The van der Waals surface area contributed by atoms with Crippen LogP contribution in [-0.2, 0) is 15.5 Å². The molecule has 0 radical (unpaired) electrons. The van der Waals surface area contributed by atoms with Crippen molar-refractivity contribution in [3.63, 3.8) is 0 Å². The lowest BCUT2D eigenvalue weighted by molar-refractivity contribution is 0.229. The van der Waals surface area contributed by atoms with E-state index in [1.807, 2.05) is 36.4 Å². The second-order valence-electron chi connectivity index (χ2n) is 9.24. The van der Waals surface area contributed by atoms with E-state index in [0.29, 0.717) is 18.6 Å². The highest BCUT2D eigenvalue weighted by Crippen LogP contribution is 2.45. The number of methoxy groups -OCH3 is 1. The quantitative estimate of drug-likeness (QED) is 0.416. The number of ether oxygens (including phenoxy) is 1. The van der Waals surface area contributed by atoms with Crippen LogP contribution in [0.2, 0.25) is 0 Å². The molecular formula is C28H33NO4S. The molecule has 0 bridgehead atoms. The lowest BCUT2D eigenvalue weighted by Gasteiger charge is -2.44. The Balaban J connectivity index is 1.60. The van der Waals surface area contributed by atoms with Crippen LogP contribution in [0.25, 0.3) is 0 Å². The largest absolute Gasteiger partial charge is 0.497 e. The molecule has 1 unspecified atom stereocenters. The van der Waals surface area contributed by atoms with E-state index in [4.69, 9.17) is 4.74 Å². The van der Waals surface area contributed by atoms with Gasteiger partial charge < -0.3 is 10.1 Å². The van der Waals surface area contributed by atoms with Crippen molar-refractivity contribution < 1.29 is 17.7 Å². The molecule has 0 aromatic heterocycles. The Morgan fingerprint density at radius 3 is 1.97 bits per heavy atom. The van der Waals surface area contributed by atoms with Gasteiger partial charge in [0.1, 0.15) is 5.75 Å². The average Bonchev–Trinajstić information content (AvgIpc) is 2.88. The topological polar surface area (TPSA) is 75.6 Å². The third-order valence-corrected chi connectivity index (χ3v) is 8.76. The van der Waals surface area contributed by atoms with Crippen molar-refractivity contribution in [3.8, 4) is 5.75 Å². The molecule has 6 heteroatoms. The van der Waals surface area contributed by atoms with Crippen molar-refractivity contribution >= 4 is 10.1 Å². The second kappa shape index (κ2) is 10.3. The predicted molar refractivity (Wildman–Crippen MR) is 136 cm³/mol. The second-order valence-corrected chi connectivity index (χ2v) is 11.0. The predicted octanol–water partition coefficient (Wildman–Crippen LogP) is 5.53. The number of rotatable bonds is 8. The smallest absolute Gasteiger partial charge is 0.268 e. The van der Waals surface area contributed by atoms with E-state index in [2.05, 4.69) is 53.8 Å². The number of hydrogen-bond donors (Lipinski definition) is 2. The van der Waals surface area contributed by atoms with Crippen molar-refractivity contribution in [3.05, 3.63) is 102 Å². The summed E-state index contributed by atoms with van der Waals surface area (Å²) < 4.78 is 40.0. The molecule has 0 saturated heterocycles. The van der Waals surface area contributed by atoms with Gasteiger partial charge in [0.25, 0.3) is 10.1 Å². The van der Waals surface area contributed by atoms with E-state index in [9.17, 15) is 13.0 Å². The molecule has 0 spiro atoms. The fourth-order valence-electron chi connectivity index (χ4n) is 5.36. The highest BCUT2D eigenvalue weighted by Gasteiger charge is 2.46. The van der Waals surface area contributed by atoms with Crippen LogP contribution in [0.5, 0.6) is 5.75 Å². The molecule has 0 heterocycles. The molecule has 180 valence electrons. The molecule has 34 heavy (non-hydrogen) atoms. The highest BCUT2D eigenvalue weighted by atomic mass is 32.2. The van der Waals surface area contributed by atoms with Gasteiger partial charge in [-0.2, -0.15) is 8.42 Å². The van der Waals surface area contributed by atoms with E-state index in [1.165, 1.54) is 11.1 Å². The third kappa shape index (κ3) is 5.19. The average molecular weight is 480 g/mol. The van der Waals surface area contributed by atoms with Gasteiger partial charge in [-0.05, 0) is 61.4 Å². The van der Waals surface area contributed by atoms with Gasteiger partial charge in [0, 0.05) is 11.5 Å². The van der Waals surface area contributed by atoms with Crippen molar-refractivity contribution in [1.29, 1.82) is 0 Å². The summed E-state index contributed by atoms with van der Waals surface area (Å²) in [4.78, 5) is 0. The lowest BCUT2D eigenvalue weighted by atomic mass is 9.66. The van der Waals surface area contributed by atoms with E-state index < -0.39 is 20.8 Å². The van der Waals surface area contributed by atoms with E-state index in [0.717, 1.165) is 18.4 Å². The first-order valence-electron chi connectivity index (χ1n) is 11.8.